The molecule has 2 N–H and O–H groups in total. The lowest BCUT2D eigenvalue weighted by molar-refractivity contribution is -0.137. The normalized spacial score (nSPS) is 12.1. The van der Waals surface area contributed by atoms with Crippen LogP contribution in [0.4, 0.5) is 0 Å². The molecule has 0 aliphatic rings. The summed E-state index contributed by atoms with van der Waals surface area (Å²) in [5.74, 6) is -1.74. The summed E-state index contributed by atoms with van der Waals surface area (Å²) in [5.41, 5.74) is 0.774. The van der Waals surface area contributed by atoms with E-state index in [1.165, 1.54) is 13.3 Å². The van der Waals surface area contributed by atoms with Crippen LogP contribution in [0, 0.1) is 0 Å². The number of methoxy groups -OCH3 is 1. The van der Waals surface area contributed by atoms with Crippen LogP contribution in [0.15, 0.2) is 6.20 Å². The molecule has 0 bridgehead atoms. The zero-order chi connectivity index (χ0) is 11.4. The van der Waals surface area contributed by atoms with E-state index in [9.17, 15) is 9.59 Å². The van der Waals surface area contributed by atoms with Crippen LogP contribution in [-0.4, -0.2) is 34.4 Å². The Morgan fingerprint density at radius 1 is 1.67 bits per heavy atom. The Balaban J connectivity index is 2.89. The van der Waals surface area contributed by atoms with Crippen molar-refractivity contribution in [1.29, 1.82) is 0 Å². The van der Waals surface area contributed by atoms with Crippen LogP contribution in [0.25, 0.3) is 0 Å². The van der Waals surface area contributed by atoms with Gasteiger partial charge in [0.05, 0.1) is 19.7 Å². The molecule has 0 aromatic carbocycles. The molecule has 0 saturated carbocycles. The molecule has 0 radical (unpaired) electrons. The maximum absolute atomic E-state index is 11.2. The highest BCUT2D eigenvalue weighted by molar-refractivity contribution is 5.89. The molecule has 0 spiro atoms. The van der Waals surface area contributed by atoms with E-state index in [-0.39, 0.29) is 18.0 Å². The van der Waals surface area contributed by atoms with Crippen molar-refractivity contribution in [3.63, 3.8) is 0 Å². The Hall–Kier alpha value is -1.85. The number of carboxylic acids is 1. The minimum absolute atomic E-state index is 0.0521. The van der Waals surface area contributed by atoms with E-state index < -0.39 is 11.9 Å². The summed E-state index contributed by atoms with van der Waals surface area (Å²) in [6.07, 6.45) is 1.39. The van der Waals surface area contributed by atoms with Gasteiger partial charge in [0.2, 0.25) is 0 Å². The Labute approximate surface area is 86.2 Å². The second kappa shape index (κ2) is 4.59. The standard InChI is InChI=1S/C9H12N2O4/c1-5(3-7(12)13)6-4-10-11-8(6)9(14)15-2/h4-5H,3H2,1-2H3,(H,10,11)(H,12,13). The Bertz CT molecular complexity index is 372. The van der Waals surface area contributed by atoms with E-state index in [0.717, 1.165) is 0 Å². The molecule has 0 aliphatic heterocycles. The summed E-state index contributed by atoms with van der Waals surface area (Å²) in [6, 6.07) is 0. The van der Waals surface area contributed by atoms with Gasteiger partial charge < -0.3 is 9.84 Å². The molecule has 0 fully saturated rings. The van der Waals surface area contributed by atoms with Crippen molar-refractivity contribution >= 4 is 11.9 Å². The van der Waals surface area contributed by atoms with Gasteiger partial charge in [0.25, 0.3) is 0 Å². The van der Waals surface area contributed by atoms with Gasteiger partial charge in [0.1, 0.15) is 5.69 Å². The SMILES string of the molecule is COC(=O)c1[nH]ncc1C(C)CC(=O)O. The molecule has 0 aliphatic carbocycles. The summed E-state index contributed by atoms with van der Waals surface area (Å²) >= 11 is 0. The first kappa shape index (κ1) is 11.2. The lowest BCUT2D eigenvalue weighted by atomic mass is 9.98. The highest BCUT2D eigenvalue weighted by Gasteiger charge is 2.20. The number of esters is 1. The predicted molar refractivity (Wildman–Crippen MR) is 50.6 cm³/mol. The molecule has 6 heteroatoms. The lowest BCUT2D eigenvalue weighted by Crippen LogP contribution is -2.09. The van der Waals surface area contributed by atoms with Crippen molar-refractivity contribution in [2.45, 2.75) is 19.3 Å². The van der Waals surface area contributed by atoms with Gasteiger partial charge in [-0.15, -0.1) is 0 Å². The number of carbonyl (C=O) groups excluding carboxylic acids is 1. The van der Waals surface area contributed by atoms with Crippen LogP contribution in [0.5, 0.6) is 0 Å². The summed E-state index contributed by atoms with van der Waals surface area (Å²) in [6.45, 7) is 1.71. The topological polar surface area (TPSA) is 92.3 Å². The zero-order valence-electron chi connectivity index (χ0n) is 8.48. The van der Waals surface area contributed by atoms with Crippen LogP contribution in [0.3, 0.4) is 0 Å². The third-order valence-corrected chi connectivity index (χ3v) is 2.07. The van der Waals surface area contributed by atoms with E-state index in [1.54, 1.807) is 6.92 Å². The average molecular weight is 212 g/mol. The Morgan fingerprint density at radius 2 is 2.33 bits per heavy atom. The number of nitrogens with one attached hydrogen (secondary N) is 1. The first-order valence-corrected chi connectivity index (χ1v) is 4.39. The predicted octanol–water partition coefficient (Wildman–Crippen LogP) is 0.774. The number of carbonyl (C=O) groups is 2. The van der Waals surface area contributed by atoms with Gasteiger partial charge >= 0.3 is 11.9 Å². The number of hydrogen-bond donors (Lipinski definition) is 2. The fourth-order valence-electron chi connectivity index (χ4n) is 1.31. The number of aromatic nitrogens is 2. The maximum Gasteiger partial charge on any atom is 0.356 e. The number of aromatic amines is 1. The largest absolute Gasteiger partial charge is 0.481 e. The van der Waals surface area contributed by atoms with Crippen LogP contribution >= 0.6 is 0 Å². The quantitative estimate of drug-likeness (QED) is 0.719. The van der Waals surface area contributed by atoms with Crippen molar-refractivity contribution in [1.82, 2.24) is 10.2 Å². The van der Waals surface area contributed by atoms with Crippen molar-refractivity contribution in [3.05, 3.63) is 17.5 Å². The summed E-state index contributed by atoms with van der Waals surface area (Å²) in [4.78, 5) is 21.8. The smallest absolute Gasteiger partial charge is 0.356 e. The van der Waals surface area contributed by atoms with Gasteiger partial charge in [0, 0.05) is 5.56 Å². The third kappa shape index (κ3) is 2.55. The van der Waals surface area contributed by atoms with Gasteiger partial charge in [-0.05, 0) is 5.92 Å². The Kier molecular flexibility index (Phi) is 3.43. The molecule has 1 heterocycles. The summed E-state index contributed by atoms with van der Waals surface area (Å²) in [7, 11) is 1.26. The van der Waals surface area contributed by atoms with Crippen molar-refractivity contribution in [2.75, 3.05) is 7.11 Å². The van der Waals surface area contributed by atoms with Crippen molar-refractivity contribution < 1.29 is 19.4 Å². The van der Waals surface area contributed by atoms with Gasteiger partial charge in [-0.3, -0.25) is 9.89 Å². The molecular weight excluding hydrogens is 200 g/mol. The third-order valence-electron chi connectivity index (χ3n) is 2.07. The number of hydrogen-bond acceptors (Lipinski definition) is 4. The number of ether oxygens (including phenoxy) is 1. The summed E-state index contributed by atoms with van der Waals surface area (Å²) in [5, 5.41) is 14.8. The minimum atomic E-state index is -0.917. The van der Waals surface area contributed by atoms with Crippen LogP contribution in [0.2, 0.25) is 0 Å². The molecule has 6 nitrogen and oxygen atoms in total. The molecule has 1 aromatic rings. The van der Waals surface area contributed by atoms with Crippen LogP contribution < -0.4 is 0 Å². The first-order valence-electron chi connectivity index (χ1n) is 4.39. The van der Waals surface area contributed by atoms with Crippen LogP contribution in [0.1, 0.15) is 35.3 Å². The van der Waals surface area contributed by atoms with E-state index in [0.29, 0.717) is 5.56 Å². The molecule has 0 saturated heterocycles. The molecular formula is C9H12N2O4. The number of nitrogens with zero attached hydrogens (tertiary/aromatic N) is 1. The molecule has 1 aromatic heterocycles. The monoisotopic (exact) mass is 212 g/mol. The molecule has 15 heavy (non-hydrogen) atoms. The van der Waals surface area contributed by atoms with E-state index in [2.05, 4.69) is 14.9 Å². The second-order valence-electron chi connectivity index (χ2n) is 3.19. The van der Waals surface area contributed by atoms with Gasteiger partial charge in [0.15, 0.2) is 0 Å². The number of aliphatic carboxylic acids is 1. The minimum Gasteiger partial charge on any atom is -0.481 e. The van der Waals surface area contributed by atoms with Gasteiger partial charge in [-0.2, -0.15) is 5.10 Å². The molecule has 1 unspecified atom stereocenters. The highest BCUT2D eigenvalue weighted by atomic mass is 16.5. The number of H-pyrrole nitrogens is 1. The van der Waals surface area contributed by atoms with E-state index in [4.69, 9.17) is 5.11 Å². The Morgan fingerprint density at radius 3 is 2.87 bits per heavy atom. The lowest BCUT2D eigenvalue weighted by Gasteiger charge is -2.07. The van der Waals surface area contributed by atoms with Gasteiger partial charge in [-0.25, -0.2) is 4.79 Å². The maximum atomic E-state index is 11.2. The molecule has 82 valence electrons. The van der Waals surface area contributed by atoms with Gasteiger partial charge in [-0.1, -0.05) is 6.92 Å². The second-order valence-corrected chi connectivity index (χ2v) is 3.19. The zero-order valence-corrected chi connectivity index (χ0v) is 8.48. The molecule has 1 atom stereocenters. The number of rotatable bonds is 4. The first-order chi connectivity index (χ1) is 7.06. The summed E-state index contributed by atoms with van der Waals surface area (Å²) < 4.78 is 4.53. The van der Waals surface area contributed by atoms with E-state index >= 15 is 0 Å². The molecule has 1 rings (SSSR count). The van der Waals surface area contributed by atoms with Crippen LogP contribution in [-0.2, 0) is 9.53 Å². The van der Waals surface area contributed by atoms with E-state index in [1.807, 2.05) is 0 Å². The van der Waals surface area contributed by atoms with Crippen molar-refractivity contribution in [2.24, 2.45) is 0 Å². The fraction of sp³-hybridized carbons (Fsp3) is 0.444. The van der Waals surface area contributed by atoms with Crippen molar-refractivity contribution in [3.8, 4) is 0 Å². The number of carboxylic acid groups (broad SMARTS) is 1. The molecule has 0 amide bonds. The fourth-order valence-corrected chi connectivity index (χ4v) is 1.31. The highest BCUT2D eigenvalue weighted by Crippen LogP contribution is 2.21. The average Bonchev–Trinajstić information content (AvgIpc) is 2.63.